The van der Waals surface area contributed by atoms with Crippen LogP contribution in [0.4, 0.5) is 5.82 Å². The molecule has 0 amide bonds. The first-order valence-electron chi connectivity index (χ1n) is 7.38. The number of hydrogen-bond donors (Lipinski definition) is 0. The summed E-state index contributed by atoms with van der Waals surface area (Å²) in [6.07, 6.45) is 6.82. The summed E-state index contributed by atoms with van der Waals surface area (Å²) < 4.78 is 0. The van der Waals surface area contributed by atoms with Gasteiger partial charge in [-0.05, 0) is 55.5 Å². The SMILES string of the molecule is CCN(Cc1ccncc1)c1nc2c(cc1C#N)CCC2. The Morgan fingerprint density at radius 1 is 1.29 bits per heavy atom. The van der Waals surface area contributed by atoms with E-state index in [0.717, 1.165) is 43.9 Å². The smallest absolute Gasteiger partial charge is 0.147 e. The van der Waals surface area contributed by atoms with E-state index in [9.17, 15) is 5.26 Å². The minimum Gasteiger partial charge on any atom is -0.351 e. The van der Waals surface area contributed by atoms with Crippen molar-refractivity contribution in [1.82, 2.24) is 9.97 Å². The van der Waals surface area contributed by atoms with E-state index in [2.05, 4.69) is 22.9 Å². The van der Waals surface area contributed by atoms with Gasteiger partial charge in [0.2, 0.25) is 0 Å². The zero-order valence-electron chi connectivity index (χ0n) is 12.2. The predicted octanol–water partition coefficient (Wildman–Crippen LogP) is 2.86. The first-order valence-corrected chi connectivity index (χ1v) is 7.38. The molecule has 0 unspecified atom stereocenters. The molecule has 0 saturated heterocycles. The Bertz CT molecular complexity index is 673. The number of rotatable bonds is 4. The minimum absolute atomic E-state index is 0.687. The van der Waals surface area contributed by atoms with E-state index in [0.29, 0.717) is 5.56 Å². The van der Waals surface area contributed by atoms with Crippen LogP contribution < -0.4 is 4.90 Å². The van der Waals surface area contributed by atoms with E-state index in [1.165, 1.54) is 11.1 Å². The van der Waals surface area contributed by atoms with Crippen LogP contribution in [0.2, 0.25) is 0 Å². The van der Waals surface area contributed by atoms with Crippen LogP contribution in [0, 0.1) is 11.3 Å². The van der Waals surface area contributed by atoms with Gasteiger partial charge in [0.05, 0.1) is 5.56 Å². The molecule has 4 nitrogen and oxygen atoms in total. The lowest BCUT2D eigenvalue weighted by Crippen LogP contribution is -2.24. The van der Waals surface area contributed by atoms with Crippen molar-refractivity contribution >= 4 is 5.82 Å². The highest BCUT2D eigenvalue weighted by Gasteiger charge is 2.19. The topological polar surface area (TPSA) is 52.8 Å². The van der Waals surface area contributed by atoms with Crippen LogP contribution >= 0.6 is 0 Å². The number of nitriles is 1. The second kappa shape index (κ2) is 5.92. The van der Waals surface area contributed by atoms with Gasteiger partial charge in [0.15, 0.2) is 0 Å². The lowest BCUT2D eigenvalue weighted by Gasteiger charge is -2.23. The molecule has 1 aliphatic rings. The molecule has 2 heterocycles. The Morgan fingerprint density at radius 3 is 2.81 bits per heavy atom. The normalized spacial score (nSPS) is 12.8. The number of anilines is 1. The molecule has 21 heavy (non-hydrogen) atoms. The van der Waals surface area contributed by atoms with Crippen LogP contribution in [0.5, 0.6) is 0 Å². The molecule has 2 aromatic heterocycles. The van der Waals surface area contributed by atoms with E-state index >= 15 is 0 Å². The van der Waals surface area contributed by atoms with E-state index in [-0.39, 0.29) is 0 Å². The summed E-state index contributed by atoms with van der Waals surface area (Å²) >= 11 is 0. The van der Waals surface area contributed by atoms with Crippen molar-refractivity contribution in [3.05, 3.63) is 53.0 Å². The molecular weight excluding hydrogens is 260 g/mol. The van der Waals surface area contributed by atoms with Gasteiger partial charge in [-0.2, -0.15) is 5.26 Å². The molecule has 2 aromatic rings. The maximum atomic E-state index is 9.43. The van der Waals surface area contributed by atoms with Gasteiger partial charge in [-0.15, -0.1) is 0 Å². The summed E-state index contributed by atoms with van der Waals surface area (Å²) in [5.41, 5.74) is 4.28. The molecule has 0 fully saturated rings. The van der Waals surface area contributed by atoms with Gasteiger partial charge in [-0.3, -0.25) is 4.98 Å². The number of aromatic nitrogens is 2. The average Bonchev–Trinajstić information content (AvgIpc) is 2.99. The van der Waals surface area contributed by atoms with Crippen molar-refractivity contribution in [3.63, 3.8) is 0 Å². The second-order valence-corrected chi connectivity index (χ2v) is 5.30. The first-order chi connectivity index (χ1) is 10.3. The zero-order valence-corrected chi connectivity index (χ0v) is 12.2. The van der Waals surface area contributed by atoms with Crippen LogP contribution in [0.25, 0.3) is 0 Å². The van der Waals surface area contributed by atoms with Crippen LogP contribution in [-0.2, 0) is 19.4 Å². The maximum Gasteiger partial charge on any atom is 0.147 e. The summed E-state index contributed by atoms with van der Waals surface area (Å²) in [7, 11) is 0. The van der Waals surface area contributed by atoms with Crippen molar-refractivity contribution in [3.8, 4) is 6.07 Å². The number of nitrogens with zero attached hydrogens (tertiary/aromatic N) is 4. The van der Waals surface area contributed by atoms with Crippen molar-refractivity contribution in [2.24, 2.45) is 0 Å². The molecule has 0 bridgehead atoms. The summed E-state index contributed by atoms with van der Waals surface area (Å²) in [6.45, 7) is 3.67. The number of pyridine rings is 2. The summed E-state index contributed by atoms with van der Waals surface area (Å²) in [4.78, 5) is 11.0. The molecular formula is C17H18N4. The Balaban J connectivity index is 1.95. The highest BCUT2D eigenvalue weighted by Crippen LogP contribution is 2.27. The third kappa shape index (κ3) is 2.73. The number of aryl methyl sites for hydroxylation is 2. The fourth-order valence-corrected chi connectivity index (χ4v) is 2.83. The van der Waals surface area contributed by atoms with Crippen molar-refractivity contribution in [2.75, 3.05) is 11.4 Å². The highest BCUT2D eigenvalue weighted by molar-refractivity contribution is 5.57. The van der Waals surface area contributed by atoms with Crippen LogP contribution in [-0.4, -0.2) is 16.5 Å². The highest BCUT2D eigenvalue weighted by atomic mass is 15.2. The summed E-state index contributed by atoms with van der Waals surface area (Å²) in [5.74, 6) is 0.817. The zero-order chi connectivity index (χ0) is 14.7. The lowest BCUT2D eigenvalue weighted by molar-refractivity contribution is 0.803. The first kappa shape index (κ1) is 13.6. The molecule has 0 saturated carbocycles. The Labute approximate surface area is 125 Å². The third-order valence-electron chi connectivity index (χ3n) is 3.96. The summed E-state index contributed by atoms with van der Waals surface area (Å²) in [6, 6.07) is 8.34. The molecule has 0 aromatic carbocycles. The monoisotopic (exact) mass is 278 g/mol. The fourth-order valence-electron chi connectivity index (χ4n) is 2.83. The second-order valence-electron chi connectivity index (χ2n) is 5.30. The van der Waals surface area contributed by atoms with Gasteiger partial charge in [0, 0.05) is 31.2 Å². The van der Waals surface area contributed by atoms with E-state index < -0.39 is 0 Å². The Morgan fingerprint density at radius 2 is 2.10 bits per heavy atom. The number of hydrogen-bond acceptors (Lipinski definition) is 4. The van der Waals surface area contributed by atoms with Gasteiger partial charge >= 0.3 is 0 Å². The predicted molar refractivity (Wildman–Crippen MR) is 81.9 cm³/mol. The average molecular weight is 278 g/mol. The quantitative estimate of drug-likeness (QED) is 0.863. The molecule has 3 rings (SSSR count). The molecule has 4 heteroatoms. The van der Waals surface area contributed by atoms with Gasteiger partial charge < -0.3 is 4.90 Å². The van der Waals surface area contributed by atoms with Crippen molar-refractivity contribution in [1.29, 1.82) is 5.26 Å². The number of fused-ring (bicyclic) bond motifs is 1. The molecule has 1 aliphatic carbocycles. The molecule has 0 atom stereocenters. The van der Waals surface area contributed by atoms with E-state index in [4.69, 9.17) is 4.98 Å². The van der Waals surface area contributed by atoms with Crippen molar-refractivity contribution in [2.45, 2.75) is 32.7 Å². The van der Waals surface area contributed by atoms with Crippen LogP contribution in [0.1, 0.15) is 35.7 Å². The summed E-state index contributed by atoms with van der Waals surface area (Å²) in [5, 5.41) is 9.43. The third-order valence-corrected chi connectivity index (χ3v) is 3.96. The molecule has 106 valence electrons. The Kier molecular flexibility index (Phi) is 3.83. The minimum atomic E-state index is 0.687. The van der Waals surface area contributed by atoms with Crippen LogP contribution in [0.15, 0.2) is 30.6 Å². The van der Waals surface area contributed by atoms with Gasteiger partial charge in [-0.1, -0.05) is 0 Å². The maximum absolute atomic E-state index is 9.43. The van der Waals surface area contributed by atoms with Crippen LogP contribution in [0.3, 0.4) is 0 Å². The lowest BCUT2D eigenvalue weighted by atomic mass is 10.1. The fraction of sp³-hybridized carbons (Fsp3) is 0.353. The van der Waals surface area contributed by atoms with Crippen molar-refractivity contribution < 1.29 is 0 Å². The van der Waals surface area contributed by atoms with Gasteiger partial charge in [-0.25, -0.2) is 4.98 Å². The molecule has 0 spiro atoms. The van der Waals surface area contributed by atoms with E-state index in [1.807, 2.05) is 18.2 Å². The van der Waals surface area contributed by atoms with Gasteiger partial charge in [0.25, 0.3) is 0 Å². The molecule has 0 aliphatic heterocycles. The molecule has 0 N–H and O–H groups in total. The Hall–Kier alpha value is -2.41. The van der Waals surface area contributed by atoms with Gasteiger partial charge in [0.1, 0.15) is 11.9 Å². The molecule has 0 radical (unpaired) electrons. The largest absolute Gasteiger partial charge is 0.351 e. The van der Waals surface area contributed by atoms with E-state index in [1.54, 1.807) is 12.4 Å². The standard InChI is InChI=1S/C17H18N4/c1-2-21(12-13-6-8-19-9-7-13)17-15(11-18)10-14-4-3-5-16(14)20-17/h6-10H,2-5,12H2,1H3.